The van der Waals surface area contributed by atoms with Gasteiger partial charge < -0.3 is 4.90 Å². The zero-order chi connectivity index (χ0) is 15.7. The van der Waals surface area contributed by atoms with Gasteiger partial charge in [-0.2, -0.15) is 0 Å². The topological polar surface area (TPSA) is 80.5 Å². The molecule has 1 aromatic rings. The van der Waals surface area contributed by atoms with Crippen LogP contribution in [-0.4, -0.2) is 27.7 Å². The van der Waals surface area contributed by atoms with Gasteiger partial charge in [0.25, 0.3) is 5.69 Å². The van der Waals surface area contributed by atoms with Crippen LogP contribution in [-0.2, 0) is 9.59 Å². The average Bonchev–Trinajstić information content (AvgIpc) is 2.68. The maximum Gasteiger partial charge on any atom is 0.275 e. The van der Waals surface area contributed by atoms with Gasteiger partial charge in [0.15, 0.2) is 16.7 Å². The summed E-state index contributed by atoms with van der Waals surface area (Å²) < 4.78 is 27.7. The van der Waals surface area contributed by atoms with Crippen molar-refractivity contribution in [2.75, 3.05) is 11.4 Å². The normalized spacial score (nSPS) is 18.1. The Morgan fingerprint density at radius 1 is 1.43 bits per heavy atom. The van der Waals surface area contributed by atoms with Gasteiger partial charge in [0.1, 0.15) is 5.69 Å². The van der Waals surface area contributed by atoms with Gasteiger partial charge in [-0.15, -0.1) is 0 Å². The fraction of sp³-hybridized carbons (Fsp3) is 0.333. The molecule has 0 bridgehead atoms. The standard InChI is InChI=1S/C12H10F2N2O4S/c1-6(17)21-8-4-11(18)15(5-8)12-9(13)2-7(16(19)20)3-10(12)14/h2-3,8H,4-5H2,1H3. The Balaban J connectivity index is 2.32. The summed E-state index contributed by atoms with van der Waals surface area (Å²) in [5, 5.41) is 9.95. The number of non-ortho nitro benzene ring substituents is 1. The van der Waals surface area contributed by atoms with E-state index < -0.39 is 33.8 Å². The van der Waals surface area contributed by atoms with Crippen LogP contribution in [0.1, 0.15) is 13.3 Å². The molecule has 1 aliphatic rings. The molecule has 1 amide bonds. The van der Waals surface area contributed by atoms with Crippen LogP contribution in [0.4, 0.5) is 20.2 Å². The van der Waals surface area contributed by atoms with Crippen LogP contribution in [0.2, 0.25) is 0 Å². The number of nitro benzene ring substituents is 1. The Labute approximate surface area is 122 Å². The van der Waals surface area contributed by atoms with Crippen molar-refractivity contribution in [2.24, 2.45) is 0 Å². The fourth-order valence-electron chi connectivity index (χ4n) is 2.12. The molecule has 0 saturated carbocycles. The molecule has 6 nitrogen and oxygen atoms in total. The van der Waals surface area contributed by atoms with E-state index in [-0.39, 0.29) is 23.3 Å². The quantitative estimate of drug-likeness (QED) is 0.631. The van der Waals surface area contributed by atoms with Crippen molar-refractivity contribution in [1.29, 1.82) is 0 Å². The molecular weight excluding hydrogens is 306 g/mol. The molecule has 21 heavy (non-hydrogen) atoms. The van der Waals surface area contributed by atoms with Crippen LogP contribution in [0, 0.1) is 21.7 Å². The highest BCUT2D eigenvalue weighted by Crippen LogP contribution is 2.33. The predicted molar refractivity (Wildman–Crippen MR) is 72.0 cm³/mol. The number of rotatable bonds is 3. The van der Waals surface area contributed by atoms with Crippen LogP contribution in [0.5, 0.6) is 0 Å². The van der Waals surface area contributed by atoms with Gasteiger partial charge in [-0.1, -0.05) is 11.8 Å². The molecular formula is C12H10F2N2O4S. The van der Waals surface area contributed by atoms with Gasteiger partial charge in [-0.3, -0.25) is 19.7 Å². The van der Waals surface area contributed by atoms with E-state index in [2.05, 4.69) is 0 Å². The first-order chi connectivity index (χ1) is 9.79. The average molecular weight is 316 g/mol. The second kappa shape index (κ2) is 5.76. The second-order valence-electron chi connectivity index (χ2n) is 4.46. The van der Waals surface area contributed by atoms with Crippen molar-refractivity contribution in [3.8, 4) is 0 Å². The molecule has 0 spiro atoms. The molecule has 1 fully saturated rings. The first kappa shape index (κ1) is 15.4. The van der Waals surface area contributed by atoms with Crippen molar-refractivity contribution in [3.63, 3.8) is 0 Å². The predicted octanol–water partition coefficient (Wildman–Crippen LogP) is 2.26. The van der Waals surface area contributed by atoms with Crippen molar-refractivity contribution >= 4 is 34.2 Å². The van der Waals surface area contributed by atoms with Gasteiger partial charge in [0.05, 0.1) is 17.1 Å². The third kappa shape index (κ3) is 3.18. The van der Waals surface area contributed by atoms with Crippen molar-refractivity contribution < 1.29 is 23.3 Å². The number of nitro groups is 1. The summed E-state index contributed by atoms with van der Waals surface area (Å²) in [5.74, 6) is -2.88. The van der Waals surface area contributed by atoms with E-state index in [4.69, 9.17) is 0 Å². The van der Waals surface area contributed by atoms with E-state index in [0.717, 1.165) is 16.7 Å². The molecule has 9 heteroatoms. The molecule has 2 rings (SSSR count). The lowest BCUT2D eigenvalue weighted by Crippen LogP contribution is -2.27. The van der Waals surface area contributed by atoms with Gasteiger partial charge >= 0.3 is 0 Å². The highest BCUT2D eigenvalue weighted by molar-refractivity contribution is 8.14. The minimum atomic E-state index is -1.18. The van der Waals surface area contributed by atoms with E-state index in [1.807, 2.05) is 0 Å². The maximum atomic E-state index is 13.9. The molecule has 1 unspecified atom stereocenters. The van der Waals surface area contributed by atoms with E-state index in [0.29, 0.717) is 12.1 Å². The van der Waals surface area contributed by atoms with Crippen molar-refractivity contribution in [1.82, 2.24) is 0 Å². The van der Waals surface area contributed by atoms with Crippen LogP contribution in [0.3, 0.4) is 0 Å². The molecule has 1 aliphatic heterocycles. The van der Waals surface area contributed by atoms with Crippen LogP contribution in [0.15, 0.2) is 12.1 Å². The van der Waals surface area contributed by atoms with E-state index in [1.165, 1.54) is 6.92 Å². The lowest BCUT2D eigenvalue weighted by Gasteiger charge is -2.17. The first-order valence-corrected chi connectivity index (χ1v) is 6.78. The number of carbonyl (C=O) groups is 2. The SMILES string of the molecule is CC(=O)SC1CC(=O)N(c2c(F)cc([N+](=O)[O-])cc2F)C1. The number of anilines is 1. The lowest BCUT2D eigenvalue weighted by atomic mass is 10.2. The minimum Gasteiger partial charge on any atom is -0.306 e. The minimum absolute atomic E-state index is 0.0138. The molecule has 1 aromatic carbocycles. The largest absolute Gasteiger partial charge is 0.306 e. The molecule has 1 saturated heterocycles. The molecule has 0 N–H and O–H groups in total. The van der Waals surface area contributed by atoms with E-state index in [1.54, 1.807) is 0 Å². The second-order valence-corrected chi connectivity index (χ2v) is 5.93. The van der Waals surface area contributed by atoms with Crippen molar-refractivity contribution in [3.05, 3.63) is 33.9 Å². The van der Waals surface area contributed by atoms with E-state index in [9.17, 15) is 28.5 Å². The highest BCUT2D eigenvalue weighted by atomic mass is 32.2. The summed E-state index contributed by atoms with van der Waals surface area (Å²) in [4.78, 5) is 33.3. The highest BCUT2D eigenvalue weighted by Gasteiger charge is 2.35. The summed E-state index contributed by atoms with van der Waals surface area (Å²) in [5.41, 5.74) is -1.34. The summed E-state index contributed by atoms with van der Waals surface area (Å²) >= 11 is 0.929. The maximum absolute atomic E-state index is 13.9. The lowest BCUT2D eigenvalue weighted by molar-refractivity contribution is -0.385. The number of amides is 1. The first-order valence-electron chi connectivity index (χ1n) is 5.90. The number of hydrogen-bond acceptors (Lipinski definition) is 5. The number of hydrogen-bond donors (Lipinski definition) is 0. The number of halogens is 2. The van der Waals surface area contributed by atoms with Crippen LogP contribution in [0.25, 0.3) is 0 Å². The summed E-state index contributed by atoms with van der Waals surface area (Å²) in [6, 6.07) is 1.13. The third-order valence-corrected chi connectivity index (χ3v) is 3.89. The Kier molecular flexibility index (Phi) is 4.21. The van der Waals surface area contributed by atoms with Gasteiger partial charge in [-0.25, -0.2) is 8.78 Å². The Hall–Kier alpha value is -2.03. The zero-order valence-electron chi connectivity index (χ0n) is 10.8. The Bertz CT molecular complexity index is 615. The van der Waals surface area contributed by atoms with Crippen molar-refractivity contribution in [2.45, 2.75) is 18.6 Å². The zero-order valence-corrected chi connectivity index (χ0v) is 11.7. The van der Waals surface area contributed by atoms with Crippen LogP contribution < -0.4 is 4.90 Å². The Morgan fingerprint density at radius 3 is 2.48 bits per heavy atom. The molecule has 1 heterocycles. The number of thioether (sulfide) groups is 1. The smallest absolute Gasteiger partial charge is 0.275 e. The summed E-state index contributed by atoms with van der Waals surface area (Å²) in [7, 11) is 0. The summed E-state index contributed by atoms with van der Waals surface area (Å²) in [6.45, 7) is 1.32. The third-order valence-electron chi connectivity index (χ3n) is 2.90. The summed E-state index contributed by atoms with van der Waals surface area (Å²) in [6.07, 6.45) is -0.0138. The van der Waals surface area contributed by atoms with Gasteiger partial charge in [0.2, 0.25) is 5.91 Å². The molecule has 1 atom stereocenters. The monoisotopic (exact) mass is 316 g/mol. The molecule has 0 aliphatic carbocycles. The Morgan fingerprint density at radius 2 is 2.00 bits per heavy atom. The number of carbonyl (C=O) groups excluding carboxylic acids is 2. The number of nitrogens with zero attached hydrogens (tertiary/aromatic N) is 2. The van der Waals surface area contributed by atoms with Crippen LogP contribution >= 0.6 is 11.8 Å². The fourth-order valence-corrected chi connectivity index (χ4v) is 3.04. The molecule has 0 aromatic heterocycles. The molecule has 0 radical (unpaired) electrons. The molecule has 112 valence electrons. The van der Waals surface area contributed by atoms with Gasteiger partial charge in [-0.05, 0) is 0 Å². The number of benzene rings is 1. The van der Waals surface area contributed by atoms with Gasteiger partial charge in [0, 0.05) is 25.1 Å². The van der Waals surface area contributed by atoms with E-state index >= 15 is 0 Å².